The summed E-state index contributed by atoms with van der Waals surface area (Å²) in [6.45, 7) is 0.490. The number of ether oxygens (including phenoxy) is 3. The van der Waals surface area contributed by atoms with E-state index in [4.69, 9.17) is 14.2 Å². The van der Waals surface area contributed by atoms with Crippen molar-refractivity contribution in [3.05, 3.63) is 53.6 Å². The maximum Gasteiger partial charge on any atom is 0.254 e. The fraction of sp³-hybridized carbons (Fsp3) is 0.278. The Morgan fingerprint density at radius 3 is 2.35 bits per heavy atom. The Hall–Kier alpha value is -2.69. The van der Waals surface area contributed by atoms with Gasteiger partial charge in [0.25, 0.3) is 5.91 Å². The van der Waals surface area contributed by atoms with Crippen LogP contribution in [0.3, 0.4) is 0 Å². The minimum Gasteiger partial charge on any atom is -0.497 e. The van der Waals surface area contributed by atoms with Crippen molar-refractivity contribution >= 4 is 5.91 Å². The van der Waals surface area contributed by atoms with Crippen LogP contribution in [0.25, 0.3) is 0 Å². The summed E-state index contributed by atoms with van der Waals surface area (Å²) in [6, 6.07) is 12.8. The lowest BCUT2D eigenvalue weighted by molar-refractivity contribution is 0.0784. The van der Waals surface area contributed by atoms with Crippen molar-refractivity contribution in [2.24, 2.45) is 0 Å². The second-order valence-electron chi connectivity index (χ2n) is 5.08. The van der Waals surface area contributed by atoms with Gasteiger partial charge in [0, 0.05) is 19.2 Å². The summed E-state index contributed by atoms with van der Waals surface area (Å²) < 4.78 is 15.6. The zero-order valence-electron chi connectivity index (χ0n) is 13.8. The van der Waals surface area contributed by atoms with E-state index in [2.05, 4.69) is 0 Å². The quantitative estimate of drug-likeness (QED) is 0.822. The van der Waals surface area contributed by atoms with Crippen LogP contribution in [0, 0.1) is 0 Å². The number of hydrogen-bond donors (Lipinski definition) is 0. The lowest BCUT2D eigenvalue weighted by atomic mass is 10.1. The van der Waals surface area contributed by atoms with Crippen molar-refractivity contribution in [1.29, 1.82) is 0 Å². The lowest BCUT2D eigenvalue weighted by Gasteiger charge is -2.18. The maximum atomic E-state index is 12.6. The van der Waals surface area contributed by atoms with Gasteiger partial charge in [0.15, 0.2) is 11.5 Å². The predicted molar refractivity (Wildman–Crippen MR) is 88.3 cm³/mol. The average Bonchev–Trinajstić information content (AvgIpc) is 2.60. The SMILES string of the molecule is COc1cccc(CN(C)C(=O)c2ccc(OC)c(OC)c2)c1. The molecule has 2 rings (SSSR count). The van der Waals surface area contributed by atoms with Crippen LogP contribution in [0.5, 0.6) is 17.2 Å². The van der Waals surface area contributed by atoms with Crippen molar-refractivity contribution in [1.82, 2.24) is 4.90 Å². The van der Waals surface area contributed by atoms with Gasteiger partial charge in [0.05, 0.1) is 21.3 Å². The molecule has 0 heterocycles. The third-order valence-corrected chi connectivity index (χ3v) is 3.53. The summed E-state index contributed by atoms with van der Waals surface area (Å²) in [5.41, 5.74) is 1.55. The molecule has 0 saturated carbocycles. The van der Waals surface area contributed by atoms with E-state index < -0.39 is 0 Å². The molecule has 2 aromatic rings. The van der Waals surface area contributed by atoms with Gasteiger partial charge in [-0.2, -0.15) is 0 Å². The molecule has 5 nitrogen and oxygen atoms in total. The second kappa shape index (κ2) is 7.54. The fourth-order valence-corrected chi connectivity index (χ4v) is 2.31. The van der Waals surface area contributed by atoms with Gasteiger partial charge in [-0.3, -0.25) is 4.79 Å². The summed E-state index contributed by atoms with van der Waals surface area (Å²) >= 11 is 0. The number of rotatable bonds is 6. The number of nitrogens with zero attached hydrogens (tertiary/aromatic N) is 1. The Balaban J connectivity index is 2.15. The van der Waals surface area contributed by atoms with E-state index in [1.54, 1.807) is 51.5 Å². The standard InChI is InChI=1S/C18H21NO4/c1-19(12-13-6-5-7-15(10-13)21-2)18(20)14-8-9-16(22-3)17(11-14)23-4/h5-11H,12H2,1-4H3. The second-order valence-corrected chi connectivity index (χ2v) is 5.08. The lowest BCUT2D eigenvalue weighted by Crippen LogP contribution is -2.26. The Labute approximate surface area is 136 Å². The number of carbonyl (C=O) groups excluding carboxylic acids is 1. The first-order valence-electron chi connectivity index (χ1n) is 7.19. The predicted octanol–water partition coefficient (Wildman–Crippen LogP) is 2.98. The van der Waals surface area contributed by atoms with Crippen LogP contribution in [0.2, 0.25) is 0 Å². The van der Waals surface area contributed by atoms with Crippen LogP contribution < -0.4 is 14.2 Å². The third kappa shape index (κ3) is 3.94. The van der Waals surface area contributed by atoms with Gasteiger partial charge < -0.3 is 19.1 Å². The third-order valence-electron chi connectivity index (χ3n) is 3.53. The molecular formula is C18H21NO4. The van der Waals surface area contributed by atoms with Gasteiger partial charge in [-0.1, -0.05) is 12.1 Å². The number of carbonyl (C=O) groups is 1. The molecule has 1 amide bonds. The topological polar surface area (TPSA) is 48.0 Å². The number of amides is 1. The highest BCUT2D eigenvalue weighted by Crippen LogP contribution is 2.28. The molecule has 0 N–H and O–H groups in total. The maximum absolute atomic E-state index is 12.6. The van der Waals surface area contributed by atoms with Crippen LogP contribution in [-0.2, 0) is 6.54 Å². The molecule has 0 atom stereocenters. The van der Waals surface area contributed by atoms with Gasteiger partial charge in [-0.25, -0.2) is 0 Å². The average molecular weight is 315 g/mol. The van der Waals surface area contributed by atoms with Crippen LogP contribution in [-0.4, -0.2) is 39.2 Å². The smallest absolute Gasteiger partial charge is 0.254 e. The van der Waals surface area contributed by atoms with Crippen LogP contribution in [0.4, 0.5) is 0 Å². The summed E-state index contributed by atoms with van der Waals surface area (Å²) in [7, 11) is 6.50. The number of benzene rings is 2. The van der Waals surface area contributed by atoms with Gasteiger partial charge in [0.2, 0.25) is 0 Å². The summed E-state index contributed by atoms with van der Waals surface area (Å²) in [6.07, 6.45) is 0. The molecule has 0 aliphatic carbocycles. The molecule has 0 aliphatic heterocycles. The van der Waals surface area contributed by atoms with Crippen LogP contribution in [0.1, 0.15) is 15.9 Å². The minimum absolute atomic E-state index is 0.0891. The number of hydrogen-bond acceptors (Lipinski definition) is 4. The van der Waals surface area contributed by atoms with E-state index in [1.807, 2.05) is 24.3 Å². The van der Waals surface area contributed by atoms with Crippen molar-refractivity contribution in [2.75, 3.05) is 28.4 Å². The van der Waals surface area contributed by atoms with E-state index >= 15 is 0 Å². The Bertz CT molecular complexity index is 684. The monoisotopic (exact) mass is 315 g/mol. The van der Waals surface area contributed by atoms with Gasteiger partial charge >= 0.3 is 0 Å². The summed E-state index contributed by atoms with van der Waals surface area (Å²) in [5, 5.41) is 0. The van der Waals surface area contributed by atoms with E-state index in [1.165, 1.54) is 0 Å². The Morgan fingerprint density at radius 1 is 0.957 bits per heavy atom. The van der Waals surface area contributed by atoms with Crippen LogP contribution in [0.15, 0.2) is 42.5 Å². The molecule has 0 radical (unpaired) electrons. The zero-order valence-corrected chi connectivity index (χ0v) is 13.8. The first-order valence-corrected chi connectivity index (χ1v) is 7.19. The minimum atomic E-state index is -0.0891. The van der Waals surface area contributed by atoms with Gasteiger partial charge in [-0.15, -0.1) is 0 Å². The molecule has 0 spiro atoms. The summed E-state index contributed by atoms with van der Waals surface area (Å²) in [4.78, 5) is 14.2. The fourth-order valence-electron chi connectivity index (χ4n) is 2.31. The highest BCUT2D eigenvalue weighted by molar-refractivity contribution is 5.94. The molecule has 0 saturated heterocycles. The first-order chi connectivity index (χ1) is 11.1. The van der Waals surface area contributed by atoms with Crippen molar-refractivity contribution in [3.8, 4) is 17.2 Å². The van der Waals surface area contributed by atoms with E-state index in [0.29, 0.717) is 23.6 Å². The van der Waals surface area contributed by atoms with E-state index in [9.17, 15) is 4.79 Å². The van der Waals surface area contributed by atoms with E-state index in [-0.39, 0.29) is 5.91 Å². The van der Waals surface area contributed by atoms with Gasteiger partial charge in [-0.05, 0) is 35.9 Å². The largest absolute Gasteiger partial charge is 0.497 e. The molecule has 2 aromatic carbocycles. The van der Waals surface area contributed by atoms with Crippen molar-refractivity contribution < 1.29 is 19.0 Å². The Morgan fingerprint density at radius 2 is 1.70 bits per heavy atom. The van der Waals surface area contributed by atoms with Gasteiger partial charge in [0.1, 0.15) is 5.75 Å². The molecule has 5 heteroatoms. The number of methoxy groups -OCH3 is 3. The van der Waals surface area contributed by atoms with Crippen molar-refractivity contribution in [3.63, 3.8) is 0 Å². The molecule has 23 heavy (non-hydrogen) atoms. The molecule has 0 unspecified atom stereocenters. The first kappa shape index (κ1) is 16.7. The molecule has 0 bridgehead atoms. The summed E-state index contributed by atoms with van der Waals surface area (Å²) in [5.74, 6) is 1.82. The highest BCUT2D eigenvalue weighted by Gasteiger charge is 2.15. The molecule has 0 fully saturated rings. The highest BCUT2D eigenvalue weighted by atomic mass is 16.5. The normalized spacial score (nSPS) is 10.1. The molecule has 122 valence electrons. The van der Waals surface area contributed by atoms with Crippen LogP contribution >= 0.6 is 0 Å². The van der Waals surface area contributed by atoms with E-state index in [0.717, 1.165) is 11.3 Å². The molecule has 0 aliphatic rings. The molecular weight excluding hydrogens is 294 g/mol. The zero-order chi connectivity index (χ0) is 16.8. The van der Waals surface area contributed by atoms with Crippen molar-refractivity contribution in [2.45, 2.75) is 6.54 Å². The molecule has 0 aromatic heterocycles. The Kier molecular flexibility index (Phi) is 5.46.